The van der Waals surface area contributed by atoms with Crippen LogP contribution in [0.2, 0.25) is 0 Å². The lowest BCUT2D eigenvalue weighted by molar-refractivity contribution is -0.139. The molecule has 0 saturated carbocycles. The molecule has 0 bridgehead atoms. The summed E-state index contributed by atoms with van der Waals surface area (Å²) in [6.07, 6.45) is 5.17. The molecule has 7 heteroatoms. The average Bonchev–Trinajstić information content (AvgIpc) is 3.34. The Morgan fingerprint density at radius 3 is 2.21 bits per heavy atom. The van der Waals surface area contributed by atoms with Crippen LogP contribution in [0.15, 0.2) is 54.6 Å². The Morgan fingerprint density at radius 1 is 0.912 bits per heavy atom. The largest absolute Gasteiger partial charge is 0.426 e. The number of benzene rings is 2. The van der Waals surface area contributed by atoms with Crippen molar-refractivity contribution in [1.29, 1.82) is 0 Å². The van der Waals surface area contributed by atoms with E-state index in [0.717, 1.165) is 16.8 Å². The van der Waals surface area contributed by atoms with Crippen molar-refractivity contribution in [3.05, 3.63) is 65.7 Å². The molecule has 174 valence electrons. The van der Waals surface area contributed by atoms with Crippen LogP contribution < -0.4 is 14.5 Å². The van der Waals surface area contributed by atoms with Crippen LogP contribution in [0.5, 0.6) is 5.75 Å². The van der Waals surface area contributed by atoms with Gasteiger partial charge in [-0.3, -0.25) is 24.1 Å². The van der Waals surface area contributed by atoms with Crippen LogP contribution in [0.25, 0.3) is 0 Å². The fourth-order valence-corrected chi connectivity index (χ4v) is 5.03. The molecule has 0 unspecified atom stereocenters. The van der Waals surface area contributed by atoms with Gasteiger partial charge in [-0.2, -0.15) is 0 Å². The number of esters is 1. The van der Waals surface area contributed by atoms with Gasteiger partial charge in [-0.1, -0.05) is 24.3 Å². The second-order valence-electron chi connectivity index (χ2n) is 9.28. The molecular formula is C27H26N2O5. The summed E-state index contributed by atoms with van der Waals surface area (Å²) in [5, 5.41) is 0. The maximum absolute atomic E-state index is 12.8. The molecule has 7 nitrogen and oxygen atoms in total. The third-order valence-corrected chi connectivity index (χ3v) is 6.93. The molecule has 3 amide bonds. The first-order valence-electron chi connectivity index (χ1n) is 11.6. The second-order valence-corrected chi connectivity index (χ2v) is 9.28. The molecule has 0 radical (unpaired) electrons. The first-order valence-corrected chi connectivity index (χ1v) is 11.6. The number of allylic oxidation sites excluding steroid dienone is 2. The third-order valence-electron chi connectivity index (χ3n) is 6.93. The van der Waals surface area contributed by atoms with Crippen molar-refractivity contribution in [3.8, 4) is 5.75 Å². The molecule has 1 aliphatic carbocycles. The smallest absolute Gasteiger partial charge is 0.316 e. The summed E-state index contributed by atoms with van der Waals surface area (Å²) in [5.41, 5.74) is 3.32. The van der Waals surface area contributed by atoms with Crippen LogP contribution in [0.4, 0.5) is 11.4 Å². The average molecular weight is 459 g/mol. The molecule has 3 atom stereocenters. The lowest BCUT2D eigenvalue weighted by Crippen LogP contribution is -2.30. The van der Waals surface area contributed by atoms with E-state index in [-0.39, 0.29) is 42.5 Å². The van der Waals surface area contributed by atoms with Crippen LogP contribution >= 0.6 is 0 Å². The highest BCUT2D eigenvalue weighted by atomic mass is 16.5. The predicted octanol–water partition coefficient (Wildman–Crippen LogP) is 3.72. The van der Waals surface area contributed by atoms with Crippen LogP contribution in [0, 0.1) is 31.6 Å². The number of nitrogens with zero attached hydrogens (tertiary/aromatic N) is 2. The molecule has 0 spiro atoms. The van der Waals surface area contributed by atoms with Crippen LogP contribution in [0.1, 0.15) is 30.4 Å². The minimum atomic E-state index is -0.565. The number of ether oxygens (including phenoxy) is 1. The van der Waals surface area contributed by atoms with Crippen molar-refractivity contribution in [3.63, 3.8) is 0 Å². The minimum absolute atomic E-state index is 0.0951. The van der Waals surface area contributed by atoms with Gasteiger partial charge in [0.1, 0.15) is 5.75 Å². The van der Waals surface area contributed by atoms with Gasteiger partial charge in [0.15, 0.2) is 0 Å². The predicted molar refractivity (Wildman–Crippen MR) is 126 cm³/mol. The Morgan fingerprint density at radius 2 is 1.56 bits per heavy atom. The fourth-order valence-electron chi connectivity index (χ4n) is 5.03. The van der Waals surface area contributed by atoms with Crippen molar-refractivity contribution in [2.45, 2.75) is 33.1 Å². The molecule has 5 rings (SSSR count). The monoisotopic (exact) mass is 458 g/mol. The molecule has 2 saturated heterocycles. The van der Waals surface area contributed by atoms with E-state index in [1.165, 1.54) is 4.90 Å². The standard InChI is InChI=1S/C27H26N2O5/c1-16-7-8-17(2)23(13-16)28-15-18(14-24(28)30)27(33)34-20-11-9-19(10-12-20)29-25(31)21-5-3-4-6-22(21)26(29)32/h3-4,7-13,18,21-22H,5-6,14-15H2,1-2H3/t18-,21-,22-/m1/s1. The summed E-state index contributed by atoms with van der Waals surface area (Å²) in [6, 6.07) is 12.3. The van der Waals surface area contributed by atoms with E-state index < -0.39 is 11.9 Å². The lowest BCUT2D eigenvalue weighted by atomic mass is 9.85. The maximum Gasteiger partial charge on any atom is 0.316 e. The van der Waals surface area contributed by atoms with Gasteiger partial charge in [-0.25, -0.2) is 0 Å². The molecule has 34 heavy (non-hydrogen) atoms. The Balaban J connectivity index is 1.25. The highest BCUT2D eigenvalue weighted by Crippen LogP contribution is 2.38. The topological polar surface area (TPSA) is 84.0 Å². The van der Waals surface area contributed by atoms with E-state index in [1.54, 1.807) is 29.2 Å². The Kier molecular flexibility index (Phi) is 5.55. The fraction of sp³-hybridized carbons (Fsp3) is 0.333. The summed E-state index contributed by atoms with van der Waals surface area (Å²) in [7, 11) is 0. The molecule has 2 aromatic rings. The van der Waals surface area contributed by atoms with E-state index in [0.29, 0.717) is 24.3 Å². The molecule has 2 aliphatic heterocycles. The van der Waals surface area contributed by atoms with Crippen molar-refractivity contribution < 1.29 is 23.9 Å². The number of hydrogen-bond donors (Lipinski definition) is 0. The minimum Gasteiger partial charge on any atom is -0.426 e. The number of rotatable bonds is 4. The van der Waals surface area contributed by atoms with Gasteiger partial charge in [-0.15, -0.1) is 0 Å². The summed E-state index contributed by atoms with van der Waals surface area (Å²) >= 11 is 0. The molecular weight excluding hydrogens is 432 g/mol. The molecule has 2 heterocycles. The highest BCUT2D eigenvalue weighted by Gasteiger charge is 2.47. The number of anilines is 2. The Bertz CT molecular complexity index is 1190. The zero-order chi connectivity index (χ0) is 24.0. The van der Waals surface area contributed by atoms with Crippen molar-refractivity contribution >= 4 is 35.1 Å². The van der Waals surface area contributed by atoms with Gasteiger partial charge >= 0.3 is 5.97 Å². The number of imide groups is 1. The van der Waals surface area contributed by atoms with Gasteiger partial charge in [-0.05, 0) is 68.1 Å². The number of aryl methyl sites for hydroxylation is 2. The van der Waals surface area contributed by atoms with Crippen molar-refractivity contribution in [1.82, 2.24) is 0 Å². The molecule has 0 N–H and O–H groups in total. The lowest BCUT2D eigenvalue weighted by Gasteiger charge is -2.19. The summed E-state index contributed by atoms with van der Waals surface area (Å²) in [5.74, 6) is -1.79. The SMILES string of the molecule is Cc1ccc(C)c(N2C[C@H](C(=O)Oc3ccc(N4C(=O)[C@@H]5CC=CC[C@H]5C4=O)cc3)CC2=O)c1. The maximum atomic E-state index is 12.8. The van der Waals surface area contributed by atoms with E-state index >= 15 is 0 Å². The van der Waals surface area contributed by atoms with Crippen LogP contribution in [-0.4, -0.2) is 30.2 Å². The van der Waals surface area contributed by atoms with Gasteiger partial charge in [0.05, 0.1) is 23.4 Å². The Labute approximate surface area is 198 Å². The highest BCUT2D eigenvalue weighted by molar-refractivity contribution is 6.22. The van der Waals surface area contributed by atoms with Crippen LogP contribution in [0.3, 0.4) is 0 Å². The summed E-state index contributed by atoms with van der Waals surface area (Å²) in [4.78, 5) is 53.8. The van der Waals surface area contributed by atoms with Gasteiger partial charge in [0, 0.05) is 18.7 Å². The Hall–Kier alpha value is -3.74. The summed E-state index contributed by atoms with van der Waals surface area (Å²) in [6.45, 7) is 4.18. The normalized spacial score (nSPS) is 24.1. The number of hydrogen-bond acceptors (Lipinski definition) is 5. The number of carbonyl (C=O) groups excluding carboxylic acids is 4. The van der Waals surface area contributed by atoms with E-state index in [4.69, 9.17) is 4.74 Å². The van der Waals surface area contributed by atoms with Crippen molar-refractivity contribution in [2.75, 3.05) is 16.3 Å². The van der Waals surface area contributed by atoms with E-state index in [1.807, 2.05) is 44.2 Å². The zero-order valence-corrected chi connectivity index (χ0v) is 19.2. The first kappa shape index (κ1) is 22.1. The number of fused-ring (bicyclic) bond motifs is 1. The zero-order valence-electron chi connectivity index (χ0n) is 19.2. The molecule has 0 aromatic heterocycles. The van der Waals surface area contributed by atoms with E-state index in [2.05, 4.69) is 0 Å². The number of amides is 3. The van der Waals surface area contributed by atoms with Crippen LogP contribution in [-0.2, 0) is 19.2 Å². The first-order chi connectivity index (χ1) is 16.3. The quantitative estimate of drug-likeness (QED) is 0.302. The van der Waals surface area contributed by atoms with Gasteiger partial charge in [0.25, 0.3) is 0 Å². The summed E-state index contributed by atoms with van der Waals surface area (Å²) < 4.78 is 5.53. The molecule has 3 aliphatic rings. The van der Waals surface area contributed by atoms with Gasteiger partial charge in [0.2, 0.25) is 17.7 Å². The second kappa shape index (κ2) is 8.56. The molecule has 2 aromatic carbocycles. The van der Waals surface area contributed by atoms with Gasteiger partial charge < -0.3 is 9.64 Å². The third kappa shape index (κ3) is 3.81. The molecule has 2 fully saturated rings. The van der Waals surface area contributed by atoms with Crippen molar-refractivity contribution in [2.24, 2.45) is 17.8 Å². The van der Waals surface area contributed by atoms with E-state index in [9.17, 15) is 19.2 Å². The number of carbonyl (C=O) groups is 4.